The molecule has 0 saturated carbocycles. The maximum atomic E-state index is 10.4. The lowest BCUT2D eigenvalue weighted by Gasteiger charge is -2.25. The van der Waals surface area contributed by atoms with E-state index in [0.29, 0.717) is 6.42 Å². The van der Waals surface area contributed by atoms with Crippen LogP contribution in [0.25, 0.3) is 0 Å². The Morgan fingerprint density at radius 1 is 0.600 bits per heavy atom. The highest BCUT2D eigenvalue weighted by Gasteiger charge is 2.28. The molecule has 0 saturated heterocycles. The molecule has 6 nitrogen and oxygen atoms in total. The van der Waals surface area contributed by atoms with Crippen LogP contribution in [0.5, 0.6) is 0 Å². The molecule has 1 heterocycles. The molecule has 236 valence electrons. The van der Waals surface area contributed by atoms with Gasteiger partial charge in [-0.1, -0.05) is 167 Å². The molecule has 1 aromatic heterocycles. The van der Waals surface area contributed by atoms with E-state index in [1.807, 2.05) is 13.1 Å². The van der Waals surface area contributed by atoms with Crippen molar-refractivity contribution in [3.63, 3.8) is 0 Å². The minimum atomic E-state index is -1.04. The van der Waals surface area contributed by atoms with E-state index in [2.05, 4.69) is 17.2 Å². The van der Waals surface area contributed by atoms with Crippen molar-refractivity contribution in [2.24, 2.45) is 0 Å². The van der Waals surface area contributed by atoms with Crippen LogP contribution in [0.2, 0.25) is 0 Å². The average molecular weight is 566 g/mol. The Morgan fingerprint density at radius 3 is 1.40 bits per heavy atom. The van der Waals surface area contributed by atoms with Gasteiger partial charge in [0.15, 0.2) is 0 Å². The zero-order valence-corrected chi connectivity index (χ0v) is 26.6. The first-order chi connectivity index (χ1) is 19.6. The molecule has 0 bridgehead atoms. The van der Waals surface area contributed by atoms with E-state index >= 15 is 0 Å². The monoisotopic (exact) mass is 566 g/mol. The summed E-state index contributed by atoms with van der Waals surface area (Å²) in [6.45, 7) is 4.07. The van der Waals surface area contributed by atoms with Gasteiger partial charge in [0.2, 0.25) is 0 Å². The van der Waals surface area contributed by atoms with Gasteiger partial charge in [-0.25, -0.2) is 4.68 Å². The number of aryl methyl sites for hydroxylation is 1. The third-order valence-electron chi connectivity index (χ3n) is 8.51. The second-order valence-electron chi connectivity index (χ2n) is 12.3. The molecule has 0 aliphatic rings. The number of aromatic nitrogens is 3. The zero-order valence-electron chi connectivity index (χ0n) is 26.6. The SMILES string of the molecule is CCCCCCCCCCCCCCCCCCCCCCCCc1cn([C@@H](CO)[C@H](O)[C@H](O)CCCC)nn1. The Kier molecular flexibility index (Phi) is 24.9. The summed E-state index contributed by atoms with van der Waals surface area (Å²) in [6, 6.07) is -0.655. The third-order valence-corrected chi connectivity index (χ3v) is 8.51. The number of aliphatic hydroxyl groups excluding tert-OH is 3. The molecule has 3 atom stereocenters. The fourth-order valence-corrected chi connectivity index (χ4v) is 5.69. The molecule has 0 spiro atoms. The molecule has 0 fully saturated rings. The first-order valence-corrected chi connectivity index (χ1v) is 17.5. The molecule has 1 aromatic rings. The summed E-state index contributed by atoms with van der Waals surface area (Å²) in [7, 11) is 0. The molecule has 0 radical (unpaired) electrons. The van der Waals surface area contributed by atoms with Gasteiger partial charge in [-0.3, -0.25) is 0 Å². The summed E-state index contributed by atoms with van der Waals surface area (Å²) in [5.41, 5.74) is 0.891. The molecular weight excluding hydrogens is 498 g/mol. The summed E-state index contributed by atoms with van der Waals surface area (Å²) in [5, 5.41) is 38.7. The Morgan fingerprint density at radius 2 is 1.00 bits per heavy atom. The molecule has 3 N–H and O–H groups in total. The normalized spacial score (nSPS) is 14.0. The Hall–Kier alpha value is -0.980. The largest absolute Gasteiger partial charge is 0.394 e. The molecule has 0 unspecified atom stereocenters. The summed E-state index contributed by atoms with van der Waals surface area (Å²) in [6.07, 6.45) is 33.7. The standard InChI is InChI=1S/C34H67N3O3/c1-3-5-7-8-9-10-11-12-13-14-15-16-17-18-19-20-21-22-23-24-25-26-27-31-29-37(36-35-31)32(30-38)34(40)33(39)28-6-4-2/h29,32-34,38-40H,3-28,30H2,1-2H3/t32-,33+,34-/m0/s1. The van der Waals surface area contributed by atoms with Crippen LogP contribution < -0.4 is 0 Å². The van der Waals surface area contributed by atoms with Gasteiger partial charge in [-0.05, 0) is 19.3 Å². The van der Waals surface area contributed by atoms with Crippen LogP contribution in [0.1, 0.15) is 186 Å². The van der Waals surface area contributed by atoms with E-state index in [1.165, 1.54) is 140 Å². The second kappa shape index (κ2) is 26.9. The van der Waals surface area contributed by atoms with E-state index in [4.69, 9.17) is 0 Å². The fourth-order valence-electron chi connectivity index (χ4n) is 5.69. The van der Waals surface area contributed by atoms with Gasteiger partial charge in [0.1, 0.15) is 12.1 Å². The molecule has 1 rings (SSSR count). The number of aliphatic hydroxyl groups is 3. The van der Waals surface area contributed by atoms with Gasteiger partial charge < -0.3 is 15.3 Å². The zero-order chi connectivity index (χ0) is 29.1. The van der Waals surface area contributed by atoms with E-state index < -0.39 is 18.2 Å². The molecule has 0 amide bonds. The number of unbranched alkanes of at least 4 members (excludes halogenated alkanes) is 22. The molecule has 0 aliphatic carbocycles. The summed E-state index contributed by atoms with van der Waals surface area (Å²) in [4.78, 5) is 0. The third kappa shape index (κ3) is 19.2. The molecular formula is C34H67N3O3. The van der Waals surface area contributed by atoms with Gasteiger partial charge in [-0.15, -0.1) is 5.10 Å². The molecule has 0 aromatic carbocycles. The lowest BCUT2D eigenvalue weighted by molar-refractivity contribution is -0.0349. The van der Waals surface area contributed by atoms with Crippen molar-refractivity contribution in [3.8, 4) is 0 Å². The minimum absolute atomic E-state index is 0.271. The van der Waals surface area contributed by atoms with E-state index in [9.17, 15) is 15.3 Å². The van der Waals surface area contributed by atoms with Crippen molar-refractivity contribution >= 4 is 0 Å². The van der Waals surface area contributed by atoms with E-state index in [0.717, 1.165) is 31.4 Å². The Balaban J connectivity index is 1.90. The van der Waals surface area contributed by atoms with Crippen molar-refractivity contribution in [2.45, 2.75) is 199 Å². The van der Waals surface area contributed by atoms with Crippen LogP contribution >= 0.6 is 0 Å². The molecule has 0 aliphatic heterocycles. The maximum absolute atomic E-state index is 10.4. The van der Waals surface area contributed by atoms with Crippen LogP contribution in [0.3, 0.4) is 0 Å². The maximum Gasteiger partial charge on any atom is 0.105 e. The van der Waals surface area contributed by atoms with E-state index in [-0.39, 0.29) is 6.61 Å². The van der Waals surface area contributed by atoms with Crippen molar-refractivity contribution in [1.82, 2.24) is 15.0 Å². The summed E-state index contributed by atoms with van der Waals surface area (Å²) < 4.78 is 1.52. The minimum Gasteiger partial charge on any atom is -0.394 e. The van der Waals surface area contributed by atoms with Gasteiger partial charge >= 0.3 is 0 Å². The highest BCUT2D eigenvalue weighted by Crippen LogP contribution is 2.19. The molecule has 40 heavy (non-hydrogen) atoms. The number of hydrogen-bond donors (Lipinski definition) is 3. The Bertz CT molecular complexity index is 654. The predicted octanol–water partition coefficient (Wildman–Crippen LogP) is 8.87. The van der Waals surface area contributed by atoms with Crippen LogP contribution in [0, 0.1) is 0 Å². The number of nitrogens with zero attached hydrogens (tertiary/aromatic N) is 3. The second-order valence-corrected chi connectivity index (χ2v) is 12.3. The molecule has 6 heteroatoms. The topological polar surface area (TPSA) is 91.4 Å². The van der Waals surface area contributed by atoms with Crippen molar-refractivity contribution in [1.29, 1.82) is 0 Å². The predicted molar refractivity (Wildman–Crippen MR) is 169 cm³/mol. The van der Waals surface area contributed by atoms with Crippen LogP contribution in [0.15, 0.2) is 6.20 Å². The fraction of sp³-hybridized carbons (Fsp3) is 0.941. The highest BCUT2D eigenvalue weighted by atomic mass is 16.3. The van der Waals surface area contributed by atoms with E-state index in [1.54, 1.807) is 0 Å². The van der Waals surface area contributed by atoms with Gasteiger partial charge in [0.25, 0.3) is 0 Å². The van der Waals surface area contributed by atoms with Crippen LogP contribution in [0.4, 0.5) is 0 Å². The number of rotatable bonds is 30. The first kappa shape index (κ1) is 37.0. The van der Waals surface area contributed by atoms with Crippen LogP contribution in [-0.2, 0) is 6.42 Å². The van der Waals surface area contributed by atoms with Crippen molar-refractivity contribution < 1.29 is 15.3 Å². The lowest BCUT2D eigenvalue weighted by atomic mass is 10.0. The van der Waals surface area contributed by atoms with Gasteiger partial charge in [0, 0.05) is 6.20 Å². The highest BCUT2D eigenvalue weighted by molar-refractivity contribution is 4.95. The summed E-state index contributed by atoms with van der Waals surface area (Å²) >= 11 is 0. The summed E-state index contributed by atoms with van der Waals surface area (Å²) in [5.74, 6) is 0. The quantitative estimate of drug-likeness (QED) is 0.0810. The van der Waals surface area contributed by atoms with Crippen molar-refractivity contribution in [3.05, 3.63) is 11.9 Å². The van der Waals surface area contributed by atoms with Crippen LogP contribution in [-0.4, -0.2) is 49.1 Å². The smallest absolute Gasteiger partial charge is 0.105 e. The van der Waals surface area contributed by atoms with Crippen molar-refractivity contribution in [2.75, 3.05) is 6.61 Å². The Labute approximate surface area is 247 Å². The lowest BCUT2D eigenvalue weighted by Crippen LogP contribution is -2.37. The van der Waals surface area contributed by atoms with Gasteiger partial charge in [0.05, 0.1) is 18.4 Å². The number of hydrogen-bond acceptors (Lipinski definition) is 5. The first-order valence-electron chi connectivity index (χ1n) is 17.5. The average Bonchev–Trinajstić information content (AvgIpc) is 3.43. The van der Waals surface area contributed by atoms with Gasteiger partial charge in [-0.2, -0.15) is 0 Å².